The minimum absolute atomic E-state index is 0.0694. The molecular formula is C20H27N3O6S2. The lowest BCUT2D eigenvalue weighted by molar-refractivity contribution is 0.136. The highest BCUT2D eigenvalue weighted by molar-refractivity contribution is 7.86. The van der Waals surface area contributed by atoms with E-state index in [2.05, 4.69) is 4.98 Å². The Morgan fingerprint density at radius 1 is 0.968 bits per heavy atom. The summed E-state index contributed by atoms with van der Waals surface area (Å²) in [5.41, 5.74) is 8.19. The fourth-order valence-electron chi connectivity index (χ4n) is 2.90. The first-order valence-electron chi connectivity index (χ1n) is 9.49. The predicted octanol–water partition coefficient (Wildman–Crippen LogP) is 1.37. The fourth-order valence-corrected chi connectivity index (χ4v) is 5.21. The Morgan fingerprint density at radius 2 is 1.52 bits per heavy atom. The average Bonchev–Trinajstić information content (AvgIpc) is 3.12. The lowest BCUT2D eigenvalue weighted by Gasteiger charge is -2.17. The van der Waals surface area contributed by atoms with Gasteiger partial charge in [0.1, 0.15) is 9.90 Å². The third-order valence-corrected chi connectivity index (χ3v) is 6.68. The van der Waals surface area contributed by atoms with Crippen molar-refractivity contribution < 1.29 is 28.3 Å². The highest BCUT2D eigenvalue weighted by Crippen LogP contribution is 2.35. The van der Waals surface area contributed by atoms with E-state index < -0.39 is 10.1 Å². The third kappa shape index (κ3) is 6.94. The smallest absolute Gasteiger partial charge is 0.296 e. The van der Waals surface area contributed by atoms with Crippen LogP contribution in [0.2, 0.25) is 0 Å². The molecule has 0 aliphatic rings. The van der Waals surface area contributed by atoms with E-state index in [9.17, 15) is 13.0 Å². The molecule has 1 aromatic heterocycles. The second-order valence-electron chi connectivity index (χ2n) is 6.69. The zero-order chi connectivity index (χ0) is 23.0. The Labute approximate surface area is 185 Å². The molecule has 0 aliphatic heterocycles. The summed E-state index contributed by atoms with van der Waals surface area (Å²) < 4.78 is 33.0. The molecule has 0 aliphatic carbocycles. The highest BCUT2D eigenvalue weighted by Gasteiger charge is 2.20. The van der Waals surface area contributed by atoms with Gasteiger partial charge in [-0.2, -0.15) is 8.42 Å². The largest absolute Gasteiger partial charge is 0.399 e. The molecule has 11 heteroatoms. The van der Waals surface area contributed by atoms with Crippen LogP contribution in [0.1, 0.15) is 5.56 Å². The number of aryl methyl sites for hydroxylation is 1. The molecule has 0 amide bonds. The summed E-state index contributed by atoms with van der Waals surface area (Å²) in [6.45, 7) is 3.40. The fraction of sp³-hybridized carbons (Fsp3) is 0.350. The molecule has 31 heavy (non-hydrogen) atoms. The number of hydrogen-bond donors (Lipinski definition) is 5. The second kappa shape index (κ2) is 11.5. The van der Waals surface area contributed by atoms with Crippen molar-refractivity contribution in [1.29, 1.82) is 0 Å². The number of aliphatic hydroxyl groups excluding tert-OH is 3. The number of benzene rings is 2. The average molecular weight is 470 g/mol. The van der Waals surface area contributed by atoms with Crippen molar-refractivity contribution in [3.8, 4) is 10.6 Å². The van der Waals surface area contributed by atoms with Gasteiger partial charge in [-0.25, -0.2) is 4.98 Å². The molecule has 0 saturated carbocycles. The first kappa shape index (κ1) is 25.1. The Hall–Kier alpha value is -2.12. The number of nitrogens with two attached hydrogens (primary N) is 1. The van der Waals surface area contributed by atoms with Crippen LogP contribution in [0.15, 0.2) is 41.3 Å². The van der Waals surface area contributed by atoms with Crippen LogP contribution in [0.4, 0.5) is 5.69 Å². The molecule has 0 radical (unpaired) electrons. The molecule has 3 aromatic rings. The van der Waals surface area contributed by atoms with E-state index >= 15 is 0 Å². The van der Waals surface area contributed by atoms with E-state index in [-0.39, 0.29) is 24.7 Å². The summed E-state index contributed by atoms with van der Waals surface area (Å²) >= 11 is 1.23. The van der Waals surface area contributed by atoms with Gasteiger partial charge in [-0.05, 0) is 42.8 Å². The van der Waals surface area contributed by atoms with Gasteiger partial charge in [0.05, 0.1) is 30.0 Å². The van der Waals surface area contributed by atoms with Crippen molar-refractivity contribution >= 4 is 37.4 Å². The Bertz CT molecular complexity index is 1070. The van der Waals surface area contributed by atoms with E-state index in [0.29, 0.717) is 46.1 Å². The molecule has 1 heterocycles. The van der Waals surface area contributed by atoms with E-state index in [4.69, 9.17) is 21.1 Å². The second-order valence-corrected chi connectivity index (χ2v) is 9.05. The van der Waals surface area contributed by atoms with Gasteiger partial charge >= 0.3 is 0 Å². The Kier molecular flexibility index (Phi) is 9.32. The van der Waals surface area contributed by atoms with E-state index in [1.807, 2.05) is 12.1 Å². The number of fused-ring (bicyclic) bond motifs is 1. The maximum atomic E-state index is 11.6. The van der Waals surface area contributed by atoms with Gasteiger partial charge in [0.15, 0.2) is 0 Å². The third-order valence-electron chi connectivity index (χ3n) is 4.37. The summed E-state index contributed by atoms with van der Waals surface area (Å²) in [7, 11) is -4.29. The standard InChI is InChI=1S/C14H12N2O3S2.C6H15NO3/c1-8-2-7-11-12(13(8)21(17,18)19)20-14(16-11)9-3-5-10(15)6-4-9;8-4-1-7(2-5-9)3-6-10/h2-7H,15H2,1H3,(H,17,18,19);8-10H,1-6H2. The number of nitrogens with zero attached hydrogens (tertiary/aromatic N) is 2. The molecule has 0 atom stereocenters. The number of thiazole rings is 1. The molecule has 0 fully saturated rings. The number of hydrogen-bond acceptors (Lipinski definition) is 9. The molecule has 2 aromatic carbocycles. The van der Waals surface area contributed by atoms with Crippen molar-refractivity contribution in [2.45, 2.75) is 11.8 Å². The van der Waals surface area contributed by atoms with Gasteiger partial charge in [0, 0.05) is 30.9 Å². The molecule has 0 saturated heterocycles. The highest BCUT2D eigenvalue weighted by atomic mass is 32.2. The summed E-state index contributed by atoms with van der Waals surface area (Å²) in [6, 6.07) is 10.6. The topological polar surface area (TPSA) is 157 Å². The summed E-state index contributed by atoms with van der Waals surface area (Å²) in [6.07, 6.45) is 0. The monoisotopic (exact) mass is 469 g/mol. The molecule has 170 valence electrons. The number of nitrogen functional groups attached to an aromatic ring is 1. The SMILES string of the molecule is Cc1ccc2nc(-c3ccc(N)cc3)sc2c1S(=O)(=O)O.OCCN(CCO)CCO. The van der Waals surface area contributed by atoms with Gasteiger partial charge in [-0.15, -0.1) is 11.3 Å². The maximum Gasteiger partial charge on any atom is 0.296 e. The van der Waals surface area contributed by atoms with Crippen molar-refractivity contribution in [2.75, 3.05) is 45.2 Å². The van der Waals surface area contributed by atoms with E-state index in [1.54, 1.807) is 36.1 Å². The van der Waals surface area contributed by atoms with Crippen LogP contribution in [0, 0.1) is 6.92 Å². The van der Waals surface area contributed by atoms with E-state index in [0.717, 1.165) is 5.56 Å². The van der Waals surface area contributed by atoms with Gasteiger partial charge in [-0.3, -0.25) is 9.45 Å². The van der Waals surface area contributed by atoms with Crippen LogP contribution < -0.4 is 5.73 Å². The maximum absolute atomic E-state index is 11.6. The molecule has 0 spiro atoms. The Morgan fingerprint density at radius 3 is 2.00 bits per heavy atom. The van der Waals surface area contributed by atoms with Gasteiger partial charge < -0.3 is 21.1 Å². The lowest BCUT2D eigenvalue weighted by atomic mass is 10.2. The Balaban J connectivity index is 0.000000291. The first-order valence-corrected chi connectivity index (χ1v) is 11.8. The zero-order valence-electron chi connectivity index (χ0n) is 17.1. The van der Waals surface area contributed by atoms with Crippen LogP contribution in [0.25, 0.3) is 20.8 Å². The van der Waals surface area contributed by atoms with Crippen LogP contribution in [0.3, 0.4) is 0 Å². The van der Waals surface area contributed by atoms with E-state index in [1.165, 1.54) is 11.3 Å². The minimum atomic E-state index is -4.29. The zero-order valence-corrected chi connectivity index (χ0v) is 18.7. The van der Waals surface area contributed by atoms with Crippen molar-refractivity contribution in [3.63, 3.8) is 0 Å². The molecule has 6 N–H and O–H groups in total. The summed E-state index contributed by atoms with van der Waals surface area (Å²) in [5.74, 6) is 0. The molecule has 9 nitrogen and oxygen atoms in total. The molecule has 3 rings (SSSR count). The van der Waals surface area contributed by atoms with Gasteiger partial charge in [0.2, 0.25) is 0 Å². The quantitative estimate of drug-likeness (QED) is 0.243. The number of aliphatic hydroxyl groups is 3. The normalized spacial score (nSPS) is 11.5. The van der Waals surface area contributed by atoms with Crippen molar-refractivity contribution in [2.24, 2.45) is 0 Å². The molecular weight excluding hydrogens is 442 g/mol. The first-order chi connectivity index (χ1) is 14.7. The van der Waals surface area contributed by atoms with Crippen LogP contribution >= 0.6 is 11.3 Å². The van der Waals surface area contributed by atoms with Gasteiger partial charge in [0.25, 0.3) is 10.1 Å². The van der Waals surface area contributed by atoms with Crippen LogP contribution in [-0.4, -0.2) is 77.6 Å². The van der Waals surface area contributed by atoms with Crippen molar-refractivity contribution in [1.82, 2.24) is 9.88 Å². The lowest BCUT2D eigenvalue weighted by Crippen LogP contribution is -2.32. The predicted molar refractivity (Wildman–Crippen MR) is 122 cm³/mol. The molecule has 0 bridgehead atoms. The van der Waals surface area contributed by atoms with Crippen LogP contribution in [0.5, 0.6) is 0 Å². The summed E-state index contributed by atoms with van der Waals surface area (Å²) in [4.78, 5) is 6.15. The van der Waals surface area contributed by atoms with Crippen molar-refractivity contribution in [3.05, 3.63) is 42.0 Å². The van der Waals surface area contributed by atoms with Gasteiger partial charge in [-0.1, -0.05) is 6.07 Å². The molecule has 0 unspecified atom stereocenters. The summed E-state index contributed by atoms with van der Waals surface area (Å²) in [5, 5.41) is 26.1. The number of aromatic nitrogens is 1. The number of anilines is 1. The van der Waals surface area contributed by atoms with Crippen LogP contribution in [-0.2, 0) is 10.1 Å². The minimum Gasteiger partial charge on any atom is -0.399 e. The number of rotatable bonds is 8.